The summed E-state index contributed by atoms with van der Waals surface area (Å²) >= 11 is 0. The molecule has 0 aliphatic carbocycles. The van der Waals surface area contributed by atoms with Crippen LogP contribution in [0.4, 0.5) is 10.1 Å². The number of carbonyl (C=O) groups excluding carboxylic acids is 4. The fourth-order valence-corrected chi connectivity index (χ4v) is 4.65. The maximum absolute atomic E-state index is 14.8. The number of halogens is 1. The second-order valence-corrected chi connectivity index (χ2v) is 8.14. The van der Waals surface area contributed by atoms with E-state index in [1.807, 2.05) is 4.90 Å². The Morgan fingerprint density at radius 1 is 0.967 bits per heavy atom. The van der Waals surface area contributed by atoms with Crippen molar-refractivity contribution in [2.24, 2.45) is 0 Å². The molecule has 9 nitrogen and oxygen atoms in total. The fraction of sp³-hybridized carbons (Fsp3) is 0.500. The summed E-state index contributed by atoms with van der Waals surface area (Å²) in [4.78, 5) is 54.3. The standard InChI is InChI=1S/C20H22FN5O4/c21-14-7-12-13(8-16(14)25-9-11(10-25)24-5-3-22-4-6-24)20(30)26(19(12)29)15-1-2-17(27)23-18(15)28/h7-8,11,15,22H,1-6,9-10H2,(H,23,27,28). The summed E-state index contributed by atoms with van der Waals surface area (Å²) < 4.78 is 14.8. The zero-order valence-electron chi connectivity index (χ0n) is 16.3. The minimum atomic E-state index is -1.05. The number of amides is 4. The van der Waals surface area contributed by atoms with Crippen LogP contribution in [0.5, 0.6) is 0 Å². The zero-order chi connectivity index (χ0) is 21.0. The van der Waals surface area contributed by atoms with Crippen molar-refractivity contribution in [3.8, 4) is 0 Å². The molecule has 5 rings (SSSR count). The van der Waals surface area contributed by atoms with Crippen molar-refractivity contribution in [2.45, 2.75) is 24.9 Å². The molecule has 4 amide bonds. The Balaban J connectivity index is 1.35. The molecule has 0 saturated carbocycles. The van der Waals surface area contributed by atoms with Crippen molar-refractivity contribution in [2.75, 3.05) is 44.2 Å². The van der Waals surface area contributed by atoms with Gasteiger partial charge in [0.1, 0.15) is 11.9 Å². The molecule has 2 N–H and O–H groups in total. The summed E-state index contributed by atoms with van der Waals surface area (Å²) in [6, 6.07) is 1.81. The zero-order valence-corrected chi connectivity index (χ0v) is 16.3. The lowest BCUT2D eigenvalue weighted by atomic mass is 10.0. The predicted octanol–water partition coefficient (Wildman–Crippen LogP) is -0.679. The highest BCUT2D eigenvalue weighted by Gasteiger charge is 2.45. The van der Waals surface area contributed by atoms with Gasteiger partial charge < -0.3 is 10.2 Å². The average molecular weight is 415 g/mol. The van der Waals surface area contributed by atoms with Crippen LogP contribution in [0, 0.1) is 5.82 Å². The van der Waals surface area contributed by atoms with E-state index in [4.69, 9.17) is 0 Å². The molecule has 1 aromatic carbocycles. The molecule has 1 atom stereocenters. The topological polar surface area (TPSA) is 102 Å². The van der Waals surface area contributed by atoms with Gasteiger partial charge in [-0.3, -0.25) is 34.3 Å². The van der Waals surface area contributed by atoms with Crippen LogP contribution in [0.2, 0.25) is 0 Å². The van der Waals surface area contributed by atoms with Gasteiger partial charge in [-0.05, 0) is 18.6 Å². The number of piperidine rings is 1. The molecule has 4 aliphatic heterocycles. The lowest BCUT2D eigenvalue weighted by Crippen LogP contribution is -2.63. The Hall–Kier alpha value is -2.85. The van der Waals surface area contributed by atoms with Crippen molar-refractivity contribution < 1.29 is 23.6 Å². The van der Waals surface area contributed by atoms with Gasteiger partial charge in [0, 0.05) is 51.7 Å². The Bertz CT molecular complexity index is 955. The first-order valence-corrected chi connectivity index (χ1v) is 10.2. The largest absolute Gasteiger partial charge is 0.366 e. The molecule has 0 radical (unpaired) electrons. The molecule has 0 spiro atoms. The number of hydrogen-bond donors (Lipinski definition) is 2. The molecule has 0 bridgehead atoms. The highest BCUT2D eigenvalue weighted by molar-refractivity contribution is 6.23. The molecule has 3 saturated heterocycles. The van der Waals surface area contributed by atoms with Crippen LogP contribution in [0.15, 0.2) is 12.1 Å². The number of carbonyl (C=O) groups is 4. The van der Waals surface area contributed by atoms with E-state index < -0.39 is 35.5 Å². The molecule has 4 aliphatic rings. The number of hydrogen-bond acceptors (Lipinski definition) is 7. The van der Waals surface area contributed by atoms with Crippen molar-refractivity contribution in [3.05, 3.63) is 29.1 Å². The summed E-state index contributed by atoms with van der Waals surface area (Å²) in [6.07, 6.45) is 0.120. The summed E-state index contributed by atoms with van der Waals surface area (Å²) in [6.45, 7) is 5.12. The lowest BCUT2D eigenvalue weighted by Gasteiger charge is -2.48. The number of anilines is 1. The van der Waals surface area contributed by atoms with E-state index in [9.17, 15) is 23.6 Å². The van der Waals surface area contributed by atoms with Crippen LogP contribution in [0.1, 0.15) is 33.6 Å². The van der Waals surface area contributed by atoms with Crippen LogP contribution < -0.4 is 15.5 Å². The van der Waals surface area contributed by atoms with E-state index >= 15 is 0 Å². The maximum atomic E-state index is 14.8. The fourth-order valence-electron chi connectivity index (χ4n) is 4.65. The van der Waals surface area contributed by atoms with E-state index in [1.54, 1.807) is 0 Å². The quantitative estimate of drug-likeness (QED) is 0.631. The minimum absolute atomic E-state index is 0.0369. The van der Waals surface area contributed by atoms with Gasteiger partial charge >= 0.3 is 0 Å². The predicted molar refractivity (Wildman–Crippen MR) is 104 cm³/mol. The molecule has 30 heavy (non-hydrogen) atoms. The van der Waals surface area contributed by atoms with Crippen molar-refractivity contribution in [1.29, 1.82) is 0 Å². The number of imide groups is 2. The summed E-state index contributed by atoms with van der Waals surface area (Å²) in [7, 11) is 0. The number of rotatable bonds is 3. The molecule has 158 valence electrons. The van der Waals surface area contributed by atoms with Gasteiger partial charge in [-0.2, -0.15) is 0 Å². The van der Waals surface area contributed by atoms with Gasteiger partial charge in [-0.1, -0.05) is 0 Å². The first kappa shape index (κ1) is 19.1. The number of fused-ring (bicyclic) bond motifs is 1. The number of piperazine rings is 1. The van der Waals surface area contributed by atoms with Crippen molar-refractivity contribution >= 4 is 29.3 Å². The van der Waals surface area contributed by atoms with Crippen molar-refractivity contribution in [1.82, 2.24) is 20.4 Å². The van der Waals surface area contributed by atoms with Crippen LogP contribution in [-0.2, 0) is 9.59 Å². The van der Waals surface area contributed by atoms with Crippen LogP contribution in [0.25, 0.3) is 0 Å². The van der Waals surface area contributed by atoms with Crippen LogP contribution in [0.3, 0.4) is 0 Å². The van der Waals surface area contributed by atoms with E-state index in [1.165, 1.54) is 6.07 Å². The second kappa shape index (κ2) is 7.13. The molecule has 3 fully saturated rings. The first-order valence-electron chi connectivity index (χ1n) is 10.2. The van der Waals surface area contributed by atoms with Crippen molar-refractivity contribution in [3.63, 3.8) is 0 Å². The van der Waals surface area contributed by atoms with Gasteiger partial charge in [0.15, 0.2) is 0 Å². The van der Waals surface area contributed by atoms with E-state index in [0.717, 1.165) is 37.1 Å². The summed E-state index contributed by atoms with van der Waals surface area (Å²) in [5.41, 5.74) is 0.364. The highest BCUT2D eigenvalue weighted by Crippen LogP contribution is 2.34. The second-order valence-electron chi connectivity index (χ2n) is 8.14. The van der Waals surface area contributed by atoms with Crippen LogP contribution >= 0.6 is 0 Å². The summed E-state index contributed by atoms with van der Waals surface area (Å²) in [5, 5.41) is 5.46. The Morgan fingerprint density at radius 3 is 2.30 bits per heavy atom. The van der Waals surface area contributed by atoms with Gasteiger partial charge in [0.2, 0.25) is 11.8 Å². The Labute approximate surface area is 172 Å². The third-order valence-corrected chi connectivity index (χ3v) is 6.38. The van der Waals surface area contributed by atoms with Gasteiger partial charge in [0.25, 0.3) is 11.8 Å². The lowest BCUT2D eigenvalue weighted by molar-refractivity contribution is -0.136. The molecule has 1 unspecified atom stereocenters. The van der Waals surface area contributed by atoms with Gasteiger partial charge in [0.05, 0.1) is 16.8 Å². The summed E-state index contributed by atoms with van der Waals surface area (Å²) in [5.74, 6) is -2.98. The number of nitrogens with zero attached hydrogens (tertiary/aromatic N) is 3. The number of benzene rings is 1. The molecular formula is C20H22FN5O4. The SMILES string of the molecule is O=C1CCC(N2C(=O)c3cc(F)c(N4CC(N5CCNCC5)C4)cc3C2=O)C(=O)N1. The Morgan fingerprint density at radius 2 is 1.63 bits per heavy atom. The average Bonchev–Trinajstić information content (AvgIpc) is 2.92. The van der Waals surface area contributed by atoms with E-state index in [0.29, 0.717) is 24.8 Å². The smallest absolute Gasteiger partial charge is 0.262 e. The minimum Gasteiger partial charge on any atom is -0.366 e. The third-order valence-electron chi connectivity index (χ3n) is 6.38. The first-order chi connectivity index (χ1) is 14.4. The maximum Gasteiger partial charge on any atom is 0.262 e. The number of nitrogens with one attached hydrogen (secondary N) is 2. The van der Waals surface area contributed by atoms with Gasteiger partial charge in [-0.15, -0.1) is 0 Å². The van der Waals surface area contributed by atoms with Crippen LogP contribution in [-0.4, -0.2) is 84.8 Å². The van der Waals surface area contributed by atoms with E-state index in [2.05, 4.69) is 15.5 Å². The molecule has 4 heterocycles. The monoisotopic (exact) mass is 415 g/mol. The molecule has 0 aromatic heterocycles. The molecule has 1 aromatic rings. The normalized spacial score (nSPS) is 25.4. The highest BCUT2D eigenvalue weighted by atomic mass is 19.1. The molecule has 10 heteroatoms. The third kappa shape index (κ3) is 2.98. The van der Waals surface area contributed by atoms with Gasteiger partial charge in [-0.25, -0.2) is 4.39 Å². The van der Waals surface area contributed by atoms with E-state index in [-0.39, 0.29) is 24.0 Å². The Kier molecular flexibility index (Phi) is 4.55. The molecular weight excluding hydrogens is 393 g/mol.